The van der Waals surface area contributed by atoms with E-state index >= 15 is 0 Å². The van der Waals surface area contributed by atoms with Crippen molar-refractivity contribution in [2.24, 2.45) is 0 Å². The van der Waals surface area contributed by atoms with Gasteiger partial charge in [0.2, 0.25) is 0 Å². The molecule has 2 amide bonds. The van der Waals surface area contributed by atoms with Crippen LogP contribution in [0.2, 0.25) is 0 Å². The van der Waals surface area contributed by atoms with E-state index in [9.17, 15) is 9.59 Å². The number of hydrogen-bond donors (Lipinski definition) is 3. The second kappa shape index (κ2) is 8.92. The summed E-state index contributed by atoms with van der Waals surface area (Å²) in [5, 5.41) is 13.8. The van der Waals surface area contributed by atoms with Crippen molar-refractivity contribution < 1.29 is 19.4 Å². The van der Waals surface area contributed by atoms with Gasteiger partial charge in [0.25, 0.3) is 0 Å². The smallest absolute Gasteiger partial charge is 0.319 e. The average Bonchev–Trinajstić information content (AvgIpc) is 2.44. The fourth-order valence-electron chi connectivity index (χ4n) is 1.67. The summed E-state index contributed by atoms with van der Waals surface area (Å²) in [4.78, 5) is 22.9. The minimum atomic E-state index is -0.386. The van der Waals surface area contributed by atoms with Gasteiger partial charge in [0.15, 0.2) is 0 Å². The molecule has 3 N–H and O–H groups in total. The van der Waals surface area contributed by atoms with E-state index in [1.807, 2.05) is 12.1 Å². The fourth-order valence-corrected chi connectivity index (χ4v) is 1.67. The number of carbonyl (C=O) groups excluding carboxylic acids is 2. The molecule has 0 fully saturated rings. The molecule has 0 aliphatic rings. The first kappa shape index (κ1) is 16.0. The third-order valence-corrected chi connectivity index (χ3v) is 2.57. The minimum Gasteiger partial charge on any atom is -0.466 e. The quantitative estimate of drug-likeness (QED) is 0.657. The molecule has 0 atom stereocenters. The molecule has 0 saturated heterocycles. The van der Waals surface area contributed by atoms with Crippen molar-refractivity contribution in [1.29, 1.82) is 0 Å². The molecule has 6 heteroatoms. The van der Waals surface area contributed by atoms with Crippen LogP contribution in [0.25, 0.3) is 0 Å². The summed E-state index contributed by atoms with van der Waals surface area (Å²) >= 11 is 0. The van der Waals surface area contributed by atoms with Gasteiger partial charge in [0.05, 0.1) is 13.2 Å². The number of rotatable bonds is 7. The number of aliphatic hydroxyl groups excluding tert-OH is 1. The Morgan fingerprint density at radius 3 is 2.75 bits per heavy atom. The zero-order chi connectivity index (χ0) is 14.8. The number of aryl methyl sites for hydroxylation is 1. The number of para-hydroxylation sites is 1. The molecule has 0 heterocycles. The molecule has 0 bridgehead atoms. The summed E-state index contributed by atoms with van der Waals surface area (Å²) in [5.74, 6) is -0.257. The number of benzene rings is 1. The van der Waals surface area contributed by atoms with Crippen LogP contribution >= 0.6 is 0 Å². The standard InChI is InChI=1S/C14H20N2O4/c1-2-20-13(18)8-7-11-5-3-4-6-12(11)16-14(19)15-9-10-17/h3-6,17H,2,7-10H2,1H3,(H2,15,16,19). The maximum absolute atomic E-state index is 11.5. The average molecular weight is 280 g/mol. The van der Waals surface area contributed by atoms with Crippen LogP contribution < -0.4 is 10.6 Å². The van der Waals surface area contributed by atoms with Gasteiger partial charge in [-0.2, -0.15) is 0 Å². The highest BCUT2D eigenvalue weighted by Gasteiger charge is 2.08. The van der Waals surface area contributed by atoms with Gasteiger partial charge in [-0.1, -0.05) is 18.2 Å². The zero-order valence-corrected chi connectivity index (χ0v) is 11.5. The molecule has 0 unspecified atom stereocenters. The van der Waals surface area contributed by atoms with Crippen LogP contribution in [-0.2, 0) is 16.0 Å². The lowest BCUT2D eigenvalue weighted by molar-refractivity contribution is -0.143. The maximum atomic E-state index is 11.5. The van der Waals surface area contributed by atoms with E-state index < -0.39 is 0 Å². The number of aliphatic hydroxyl groups is 1. The first-order valence-electron chi connectivity index (χ1n) is 6.56. The Morgan fingerprint density at radius 1 is 1.30 bits per heavy atom. The summed E-state index contributed by atoms with van der Waals surface area (Å²) in [6.45, 7) is 2.20. The summed E-state index contributed by atoms with van der Waals surface area (Å²) < 4.78 is 4.87. The first-order valence-corrected chi connectivity index (χ1v) is 6.56. The van der Waals surface area contributed by atoms with Gasteiger partial charge in [0.1, 0.15) is 0 Å². The Kier molecular flexibility index (Phi) is 7.13. The summed E-state index contributed by atoms with van der Waals surface area (Å²) in [5.41, 5.74) is 1.51. The number of urea groups is 1. The van der Waals surface area contributed by atoms with Gasteiger partial charge in [0, 0.05) is 18.7 Å². The molecule has 0 saturated carbocycles. The van der Waals surface area contributed by atoms with Crippen molar-refractivity contribution in [2.75, 3.05) is 25.1 Å². The molecule has 0 aliphatic carbocycles. The van der Waals surface area contributed by atoms with Crippen molar-refractivity contribution in [3.63, 3.8) is 0 Å². The van der Waals surface area contributed by atoms with E-state index in [4.69, 9.17) is 9.84 Å². The van der Waals surface area contributed by atoms with Crippen molar-refractivity contribution in [1.82, 2.24) is 5.32 Å². The van der Waals surface area contributed by atoms with Crippen LogP contribution in [0, 0.1) is 0 Å². The van der Waals surface area contributed by atoms with Gasteiger partial charge in [-0.05, 0) is 25.0 Å². The van der Waals surface area contributed by atoms with Crippen LogP contribution in [0.5, 0.6) is 0 Å². The number of amides is 2. The predicted molar refractivity (Wildman–Crippen MR) is 75.5 cm³/mol. The molecule has 0 spiro atoms. The van der Waals surface area contributed by atoms with Crippen molar-refractivity contribution >= 4 is 17.7 Å². The molecule has 0 radical (unpaired) electrons. The third-order valence-electron chi connectivity index (χ3n) is 2.57. The highest BCUT2D eigenvalue weighted by molar-refractivity contribution is 5.90. The van der Waals surface area contributed by atoms with E-state index in [-0.39, 0.29) is 31.6 Å². The molecular formula is C14H20N2O4. The number of nitrogens with one attached hydrogen (secondary N) is 2. The van der Waals surface area contributed by atoms with E-state index in [0.29, 0.717) is 18.7 Å². The highest BCUT2D eigenvalue weighted by atomic mass is 16.5. The minimum absolute atomic E-state index is 0.113. The Hall–Kier alpha value is -2.08. The van der Waals surface area contributed by atoms with E-state index in [1.54, 1.807) is 19.1 Å². The van der Waals surface area contributed by atoms with Gasteiger partial charge in [-0.15, -0.1) is 0 Å². The summed E-state index contributed by atoms with van der Waals surface area (Å²) in [6, 6.07) is 6.87. The van der Waals surface area contributed by atoms with Gasteiger partial charge in [-0.3, -0.25) is 4.79 Å². The Bertz CT molecular complexity index is 449. The van der Waals surface area contributed by atoms with Crippen LogP contribution in [-0.4, -0.2) is 36.9 Å². The highest BCUT2D eigenvalue weighted by Crippen LogP contribution is 2.17. The molecule has 110 valence electrons. The van der Waals surface area contributed by atoms with Crippen molar-refractivity contribution in [2.45, 2.75) is 19.8 Å². The lowest BCUT2D eigenvalue weighted by Gasteiger charge is -2.11. The van der Waals surface area contributed by atoms with Crippen molar-refractivity contribution in [3.8, 4) is 0 Å². The molecule has 20 heavy (non-hydrogen) atoms. The third kappa shape index (κ3) is 5.71. The molecule has 1 rings (SSSR count). The van der Waals surface area contributed by atoms with Crippen LogP contribution in [0.15, 0.2) is 24.3 Å². The van der Waals surface area contributed by atoms with E-state index in [0.717, 1.165) is 5.56 Å². The Labute approximate surface area is 118 Å². The predicted octanol–water partition coefficient (Wildman–Crippen LogP) is 1.30. The van der Waals surface area contributed by atoms with E-state index in [1.165, 1.54) is 0 Å². The molecule has 1 aromatic carbocycles. The fraction of sp³-hybridized carbons (Fsp3) is 0.429. The topological polar surface area (TPSA) is 87.7 Å². The Morgan fingerprint density at radius 2 is 2.05 bits per heavy atom. The maximum Gasteiger partial charge on any atom is 0.319 e. The second-order valence-electron chi connectivity index (χ2n) is 4.07. The van der Waals surface area contributed by atoms with Crippen LogP contribution in [0.3, 0.4) is 0 Å². The van der Waals surface area contributed by atoms with Gasteiger partial charge in [-0.25, -0.2) is 4.79 Å². The van der Waals surface area contributed by atoms with Crippen LogP contribution in [0.4, 0.5) is 10.5 Å². The first-order chi connectivity index (χ1) is 9.67. The number of esters is 1. The molecule has 6 nitrogen and oxygen atoms in total. The van der Waals surface area contributed by atoms with Crippen LogP contribution in [0.1, 0.15) is 18.9 Å². The monoisotopic (exact) mass is 280 g/mol. The largest absolute Gasteiger partial charge is 0.466 e. The normalized spacial score (nSPS) is 9.90. The second-order valence-corrected chi connectivity index (χ2v) is 4.07. The summed E-state index contributed by atoms with van der Waals surface area (Å²) in [7, 11) is 0. The Balaban J connectivity index is 2.58. The molecule has 1 aromatic rings. The lowest BCUT2D eigenvalue weighted by Crippen LogP contribution is -2.31. The molecular weight excluding hydrogens is 260 g/mol. The zero-order valence-electron chi connectivity index (χ0n) is 11.5. The number of anilines is 1. The molecule has 0 aliphatic heterocycles. The van der Waals surface area contributed by atoms with E-state index in [2.05, 4.69) is 10.6 Å². The SMILES string of the molecule is CCOC(=O)CCc1ccccc1NC(=O)NCCO. The van der Waals surface area contributed by atoms with Gasteiger partial charge < -0.3 is 20.5 Å². The number of hydrogen-bond acceptors (Lipinski definition) is 4. The van der Waals surface area contributed by atoms with Gasteiger partial charge >= 0.3 is 12.0 Å². The van der Waals surface area contributed by atoms with Crippen molar-refractivity contribution in [3.05, 3.63) is 29.8 Å². The number of carbonyl (C=O) groups is 2. The lowest BCUT2D eigenvalue weighted by atomic mass is 10.1. The molecule has 0 aromatic heterocycles. The summed E-state index contributed by atoms with van der Waals surface area (Å²) in [6.07, 6.45) is 0.764. The number of ether oxygens (including phenoxy) is 1.